The van der Waals surface area contributed by atoms with Crippen LogP contribution in [-0.4, -0.2) is 30.6 Å². The molecule has 1 saturated heterocycles. The summed E-state index contributed by atoms with van der Waals surface area (Å²) >= 11 is 0. The Morgan fingerprint density at radius 1 is 1.24 bits per heavy atom. The van der Waals surface area contributed by atoms with Crippen molar-refractivity contribution in [3.8, 4) is 0 Å². The molecule has 0 saturated carbocycles. The van der Waals surface area contributed by atoms with E-state index in [4.69, 9.17) is 5.73 Å². The lowest BCUT2D eigenvalue weighted by atomic mass is 9.99. The van der Waals surface area contributed by atoms with Crippen LogP contribution in [0.2, 0.25) is 0 Å². The van der Waals surface area contributed by atoms with Gasteiger partial charge < -0.3 is 10.6 Å². The number of hydrogen-bond donors (Lipinski definition) is 1. The summed E-state index contributed by atoms with van der Waals surface area (Å²) in [5, 5.41) is 0. The summed E-state index contributed by atoms with van der Waals surface area (Å²) in [5.74, 6) is 0.621. The fraction of sp³-hybridized carbons (Fsp3) is 0.571. The van der Waals surface area contributed by atoms with Gasteiger partial charge in [-0.2, -0.15) is 0 Å². The summed E-state index contributed by atoms with van der Waals surface area (Å²) in [4.78, 5) is 2.54. The zero-order valence-electron chi connectivity index (χ0n) is 10.5. The molecule has 0 radical (unpaired) electrons. The monoisotopic (exact) mass is 254 g/mol. The lowest BCUT2D eigenvalue weighted by Gasteiger charge is -2.32. The molecular formula is C14H23ClN2. The highest BCUT2D eigenvalue weighted by Crippen LogP contribution is 2.18. The molecule has 1 aromatic carbocycles. The first-order valence-corrected chi connectivity index (χ1v) is 6.28. The molecule has 1 atom stereocenters. The summed E-state index contributed by atoms with van der Waals surface area (Å²) in [5.41, 5.74) is 7.35. The van der Waals surface area contributed by atoms with Crippen LogP contribution in [0.4, 0.5) is 0 Å². The molecule has 0 bridgehead atoms. The minimum absolute atomic E-state index is 0. The minimum atomic E-state index is 0. The van der Waals surface area contributed by atoms with Crippen molar-refractivity contribution < 1.29 is 0 Å². The number of halogens is 1. The fourth-order valence-corrected chi connectivity index (χ4v) is 2.41. The third kappa shape index (κ3) is 4.30. The lowest BCUT2D eigenvalue weighted by molar-refractivity contribution is 0.204. The molecule has 3 heteroatoms. The van der Waals surface area contributed by atoms with E-state index in [0.29, 0.717) is 12.0 Å². The second-order valence-electron chi connectivity index (χ2n) is 4.95. The Bertz CT molecular complexity index is 307. The van der Waals surface area contributed by atoms with Crippen molar-refractivity contribution in [3.63, 3.8) is 0 Å². The lowest BCUT2D eigenvalue weighted by Crippen LogP contribution is -2.41. The summed E-state index contributed by atoms with van der Waals surface area (Å²) in [6.07, 6.45) is 2.31. The van der Waals surface area contributed by atoms with Gasteiger partial charge >= 0.3 is 0 Å². The second kappa shape index (κ2) is 7.00. The first-order chi connectivity index (χ1) is 7.75. The molecule has 2 nitrogen and oxygen atoms in total. The van der Waals surface area contributed by atoms with Crippen molar-refractivity contribution in [2.75, 3.05) is 19.6 Å². The van der Waals surface area contributed by atoms with Gasteiger partial charge in [-0.15, -0.1) is 12.4 Å². The Morgan fingerprint density at radius 3 is 2.41 bits per heavy atom. The van der Waals surface area contributed by atoms with Crippen LogP contribution < -0.4 is 5.73 Å². The molecule has 1 aromatic rings. The van der Waals surface area contributed by atoms with Gasteiger partial charge in [0.05, 0.1) is 0 Å². The van der Waals surface area contributed by atoms with Gasteiger partial charge in [-0.25, -0.2) is 0 Å². The van der Waals surface area contributed by atoms with E-state index in [-0.39, 0.29) is 12.4 Å². The number of hydrogen-bond acceptors (Lipinski definition) is 2. The van der Waals surface area contributed by atoms with Crippen molar-refractivity contribution in [1.29, 1.82) is 0 Å². The Kier molecular flexibility index (Phi) is 5.96. The van der Waals surface area contributed by atoms with Gasteiger partial charge in [-0.1, -0.05) is 37.3 Å². The predicted octanol–water partition coefficient (Wildman–Crippen LogP) is 2.64. The maximum atomic E-state index is 5.91. The largest absolute Gasteiger partial charge is 0.328 e. The third-order valence-corrected chi connectivity index (χ3v) is 3.53. The van der Waals surface area contributed by atoms with Crippen molar-refractivity contribution in [2.24, 2.45) is 5.73 Å². The Balaban J connectivity index is 0.00000144. The number of rotatable bonds is 3. The van der Waals surface area contributed by atoms with Crippen molar-refractivity contribution in [1.82, 2.24) is 4.90 Å². The maximum Gasteiger partial charge on any atom is 0.00631 e. The quantitative estimate of drug-likeness (QED) is 0.899. The van der Waals surface area contributed by atoms with Crippen LogP contribution in [-0.2, 0) is 0 Å². The Morgan fingerprint density at radius 2 is 1.82 bits per heavy atom. The molecule has 0 aliphatic carbocycles. The van der Waals surface area contributed by atoms with Gasteiger partial charge in [-0.3, -0.25) is 0 Å². The van der Waals surface area contributed by atoms with Crippen LogP contribution in [0, 0.1) is 0 Å². The number of likely N-dealkylation sites (tertiary alicyclic amines) is 1. The fourth-order valence-electron chi connectivity index (χ4n) is 2.41. The first-order valence-electron chi connectivity index (χ1n) is 6.28. The molecule has 1 heterocycles. The molecule has 0 aromatic heterocycles. The van der Waals surface area contributed by atoms with Crippen molar-refractivity contribution in [3.05, 3.63) is 35.9 Å². The van der Waals surface area contributed by atoms with E-state index >= 15 is 0 Å². The molecule has 1 fully saturated rings. The molecule has 1 unspecified atom stereocenters. The van der Waals surface area contributed by atoms with Gasteiger partial charge in [-0.05, 0) is 37.4 Å². The Hall–Kier alpha value is -0.570. The average molecular weight is 255 g/mol. The molecule has 96 valence electrons. The van der Waals surface area contributed by atoms with E-state index in [9.17, 15) is 0 Å². The smallest absolute Gasteiger partial charge is 0.00631 e. The SMILES string of the molecule is CC(CN1CCC(N)CC1)c1ccccc1.Cl. The van der Waals surface area contributed by atoms with Gasteiger partial charge in [0, 0.05) is 12.6 Å². The average Bonchev–Trinajstić information content (AvgIpc) is 2.33. The normalized spacial score (nSPS) is 19.6. The molecule has 2 N–H and O–H groups in total. The summed E-state index contributed by atoms with van der Waals surface area (Å²) in [7, 11) is 0. The zero-order valence-corrected chi connectivity index (χ0v) is 11.3. The number of piperidine rings is 1. The molecule has 2 rings (SSSR count). The standard InChI is InChI=1S/C14H22N2.ClH/c1-12(13-5-3-2-4-6-13)11-16-9-7-14(15)8-10-16;/h2-6,12,14H,7-11,15H2,1H3;1H. The van der Waals surface area contributed by atoms with Crippen molar-refractivity contribution in [2.45, 2.75) is 31.7 Å². The van der Waals surface area contributed by atoms with E-state index in [1.54, 1.807) is 0 Å². The van der Waals surface area contributed by atoms with Gasteiger partial charge in [0.25, 0.3) is 0 Å². The first kappa shape index (κ1) is 14.5. The van der Waals surface area contributed by atoms with Crippen LogP contribution in [0.15, 0.2) is 30.3 Å². The van der Waals surface area contributed by atoms with E-state index in [0.717, 1.165) is 19.4 Å². The van der Waals surface area contributed by atoms with Crippen LogP contribution in [0.25, 0.3) is 0 Å². The molecule has 1 aliphatic rings. The Labute approximate surface area is 111 Å². The summed E-state index contributed by atoms with van der Waals surface area (Å²) in [6.45, 7) is 5.80. The van der Waals surface area contributed by atoms with E-state index < -0.39 is 0 Å². The minimum Gasteiger partial charge on any atom is -0.328 e. The molecule has 0 spiro atoms. The van der Waals surface area contributed by atoms with Gasteiger partial charge in [0.1, 0.15) is 0 Å². The third-order valence-electron chi connectivity index (χ3n) is 3.53. The summed E-state index contributed by atoms with van der Waals surface area (Å²) in [6, 6.07) is 11.2. The van der Waals surface area contributed by atoms with Crippen LogP contribution in [0.1, 0.15) is 31.2 Å². The van der Waals surface area contributed by atoms with E-state index in [2.05, 4.69) is 42.2 Å². The number of nitrogens with zero attached hydrogens (tertiary/aromatic N) is 1. The highest BCUT2D eigenvalue weighted by molar-refractivity contribution is 5.85. The van der Waals surface area contributed by atoms with Crippen molar-refractivity contribution >= 4 is 12.4 Å². The highest BCUT2D eigenvalue weighted by atomic mass is 35.5. The second-order valence-corrected chi connectivity index (χ2v) is 4.95. The van der Waals surface area contributed by atoms with Gasteiger partial charge in [0.2, 0.25) is 0 Å². The molecular weight excluding hydrogens is 232 g/mol. The van der Waals surface area contributed by atoms with E-state index in [1.165, 1.54) is 18.7 Å². The van der Waals surface area contributed by atoms with Crippen LogP contribution in [0.3, 0.4) is 0 Å². The summed E-state index contributed by atoms with van der Waals surface area (Å²) < 4.78 is 0. The number of benzene rings is 1. The molecule has 17 heavy (non-hydrogen) atoms. The number of nitrogens with two attached hydrogens (primary N) is 1. The zero-order chi connectivity index (χ0) is 11.4. The van der Waals surface area contributed by atoms with E-state index in [1.807, 2.05) is 0 Å². The van der Waals surface area contributed by atoms with Crippen LogP contribution >= 0.6 is 12.4 Å². The van der Waals surface area contributed by atoms with Crippen LogP contribution in [0.5, 0.6) is 0 Å². The topological polar surface area (TPSA) is 29.3 Å². The highest BCUT2D eigenvalue weighted by Gasteiger charge is 2.18. The maximum absolute atomic E-state index is 5.91. The molecule has 0 amide bonds. The molecule has 1 aliphatic heterocycles. The predicted molar refractivity (Wildman–Crippen MR) is 75.8 cm³/mol. The van der Waals surface area contributed by atoms with Gasteiger partial charge in [0.15, 0.2) is 0 Å².